The number of carbonyl (C=O) groups excluding carboxylic acids is 4. The van der Waals surface area contributed by atoms with Gasteiger partial charge in [-0.3, -0.25) is 14.6 Å². The van der Waals surface area contributed by atoms with Crippen LogP contribution in [0, 0.1) is 12.8 Å². The number of carbonyl (C=O) groups is 4. The molecule has 0 aliphatic carbocycles. The number of aromatic amines is 1. The standard InChI is InChI=1S/C26H35N3O8/c1-13(2)20(21(31)19-14(3)22(32)29-23(19)33)28-18(30)12-17(27-25(35)37-26(4,5)6)15-8-10-16(11-9-15)24(34)36-7/h8-11,13,17,20,29,32-33H,12H2,1-7H3,(H,27,35)(H,28,30)/t17-,20-/m0/s1. The molecule has 0 spiro atoms. The van der Waals surface area contributed by atoms with Gasteiger partial charge < -0.3 is 30.3 Å². The lowest BCUT2D eigenvalue weighted by molar-refractivity contribution is -0.122. The zero-order valence-electron chi connectivity index (χ0n) is 22.1. The number of esters is 1. The van der Waals surface area contributed by atoms with Gasteiger partial charge in [-0.1, -0.05) is 26.0 Å². The highest BCUT2D eigenvalue weighted by molar-refractivity contribution is 6.05. The maximum atomic E-state index is 13.2. The molecular formula is C26H35N3O8. The molecule has 5 N–H and O–H groups in total. The van der Waals surface area contributed by atoms with Crippen LogP contribution in [0.2, 0.25) is 0 Å². The molecule has 1 aromatic carbocycles. The zero-order chi connectivity index (χ0) is 28.1. The van der Waals surface area contributed by atoms with Gasteiger partial charge in [-0.25, -0.2) is 9.59 Å². The number of benzene rings is 1. The second kappa shape index (κ2) is 11.8. The number of Topliss-reactive ketones (excluding diaryl/α,β-unsaturated/α-hetero) is 1. The molecule has 202 valence electrons. The molecule has 2 atom stereocenters. The number of nitrogens with one attached hydrogen (secondary N) is 3. The van der Waals surface area contributed by atoms with E-state index in [-0.39, 0.29) is 29.3 Å². The molecule has 0 fully saturated rings. The van der Waals surface area contributed by atoms with E-state index in [1.807, 2.05) is 0 Å². The van der Waals surface area contributed by atoms with Gasteiger partial charge in [0.1, 0.15) is 5.60 Å². The van der Waals surface area contributed by atoms with Gasteiger partial charge in [0.2, 0.25) is 11.8 Å². The van der Waals surface area contributed by atoms with E-state index in [1.54, 1.807) is 46.8 Å². The third-order valence-corrected chi connectivity index (χ3v) is 5.53. The largest absolute Gasteiger partial charge is 0.494 e. The van der Waals surface area contributed by atoms with E-state index in [2.05, 4.69) is 15.6 Å². The number of amides is 2. The van der Waals surface area contributed by atoms with E-state index in [1.165, 1.54) is 26.2 Å². The first-order chi connectivity index (χ1) is 17.1. The maximum Gasteiger partial charge on any atom is 0.408 e. The number of aromatic nitrogens is 1. The highest BCUT2D eigenvalue weighted by Crippen LogP contribution is 2.30. The number of ether oxygens (including phenoxy) is 2. The average molecular weight is 518 g/mol. The lowest BCUT2D eigenvalue weighted by atomic mass is 9.93. The molecule has 0 bridgehead atoms. The summed E-state index contributed by atoms with van der Waals surface area (Å²) >= 11 is 0. The van der Waals surface area contributed by atoms with E-state index in [0.717, 1.165) is 0 Å². The summed E-state index contributed by atoms with van der Waals surface area (Å²) in [6.07, 6.45) is -1.00. The minimum atomic E-state index is -1.02. The van der Waals surface area contributed by atoms with Crippen LogP contribution in [0.15, 0.2) is 24.3 Å². The predicted octanol–water partition coefficient (Wildman–Crippen LogP) is 3.50. The van der Waals surface area contributed by atoms with Crippen molar-refractivity contribution in [3.63, 3.8) is 0 Å². The van der Waals surface area contributed by atoms with Crippen molar-refractivity contribution in [2.45, 2.75) is 65.6 Å². The number of aromatic hydroxyl groups is 2. The highest BCUT2D eigenvalue weighted by atomic mass is 16.6. The van der Waals surface area contributed by atoms with Crippen LogP contribution in [-0.4, -0.2) is 57.7 Å². The number of alkyl carbamates (subject to hydrolysis) is 1. The summed E-state index contributed by atoms with van der Waals surface area (Å²) in [6.45, 7) is 10.0. The van der Waals surface area contributed by atoms with E-state index in [0.29, 0.717) is 11.1 Å². The van der Waals surface area contributed by atoms with E-state index in [4.69, 9.17) is 9.47 Å². The number of H-pyrrole nitrogens is 1. The van der Waals surface area contributed by atoms with Crippen LogP contribution in [0.5, 0.6) is 11.8 Å². The molecule has 2 aromatic rings. The summed E-state index contributed by atoms with van der Waals surface area (Å²) in [5.41, 5.74) is 0.0890. The lowest BCUT2D eigenvalue weighted by Crippen LogP contribution is -2.46. The van der Waals surface area contributed by atoms with Crippen LogP contribution in [0.4, 0.5) is 4.79 Å². The zero-order valence-corrected chi connectivity index (χ0v) is 22.1. The van der Waals surface area contributed by atoms with Gasteiger partial charge in [0.05, 0.1) is 36.7 Å². The summed E-state index contributed by atoms with van der Waals surface area (Å²) in [5, 5.41) is 25.2. The average Bonchev–Trinajstić information content (AvgIpc) is 3.05. The van der Waals surface area contributed by atoms with Crippen molar-refractivity contribution in [3.8, 4) is 11.8 Å². The molecule has 0 saturated carbocycles. The van der Waals surface area contributed by atoms with Crippen LogP contribution >= 0.6 is 0 Å². The first-order valence-electron chi connectivity index (χ1n) is 11.8. The Bertz CT molecular complexity index is 1150. The third kappa shape index (κ3) is 7.73. The Balaban J connectivity index is 2.29. The molecule has 1 aromatic heterocycles. The number of hydrogen-bond acceptors (Lipinski definition) is 8. The summed E-state index contributed by atoms with van der Waals surface area (Å²) in [7, 11) is 1.26. The van der Waals surface area contributed by atoms with Crippen molar-refractivity contribution < 1.29 is 38.9 Å². The molecule has 0 radical (unpaired) electrons. The number of rotatable bonds is 9. The van der Waals surface area contributed by atoms with Gasteiger partial charge in [-0.05, 0) is 51.3 Å². The Hall–Kier alpha value is -4.02. The minimum Gasteiger partial charge on any atom is -0.494 e. The van der Waals surface area contributed by atoms with Gasteiger partial charge in [0, 0.05) is 5.56 Å². The van der Waals surface area contributed by atoms with Crippen LogP contribution < -0.4 is 10.6 Å². The van der Waals surface area contributed by atoms with Crippen molar-refractivity contribution >= 4 is 23.8 Å². The molecular weight excluding hydrogens is 482 g/mol. The van der Waals surface area contributed by atoms with Crippen LogP contribution in [0.1, 0.15) is 78.9 Å². The summed E-state index contributed by atoms with van der Waals surface area (Å²) in [6, 6.07) is 4.31. The summed E-state index contributed by atoms with van der Waals surface area (Å²) < 4.78 is 10.0. The smallest absolute Gasteiger partial charge is 0.408 e. The van der Waals surface area contributed by atoms with Crippen molar-refractivity contribution in [3.05, 3.63) is 46.5 Å². The van der Waals surface area contributed by atoms with Crippen molar-refractivity contribution in [2.24, 2.45) is 5.92 Å². The molecule has 0 saturated heterocycles. The first kappa shape index (κ1) is 29.2. The van der Waals surface area contributed by atoms with Gasteiger partial charge in [0.25, 0.3) is 0 Å². The highest BCUT2D eigenvalue weighted by Gasteiger charge is 2.32. The van der Waals surface area contributed by atoms with Crippen molar-refractivity contribution in [1.82, 2.24) is 15.6 Å². The SMILES string of the molecule is COC(=O)c1ccc([C@H](CC(=O)N[C@H](C(=O)c2c(O)[nH]c(O)c2C)C(C)C)NC(=O)OC(C)(C)C)cc1. The van der Waals surface area contributed by atoms with Crippen molar-refractivity contribution in [2.75, 3.05) is 7.11 Å². The normalized spacial score (nSPS) is 13.0. The van der Waals surface area contributed by atoms with Gasteiger partial charge in [-0.2, -0.15) is 0 Å². The van der Waals surface area contributed by atoms with Crippen LogP contribution in [0.3, 0.4) is 0 Å². The first-order valence-corrected chi connectivity index (χ1v) is 11.8. The van der Waals surface area contributed by atoms with E-state index in [9.17, 15) is 29.4 Å². The molecule has 0 aliphatic heterocycles. The Kier molecular flexibility index (Phi) is 9.32. The van der Waals surface area contributed by atoms with Gasteiger partial charge >= 0.3 is 12.1 Å². The number of ketones is 1. The lowest BCUT2D eigenvalue weighted by Gasteiger charge is -2.25. The Morgan fingerprint density at radius 3 is 2.05 bits per heavy atom. The fourth-order valence-electron chi connectivity index (χ4n) is 3.65. The summed E-state index contributed by atoms with van der Waals surface area (Å²) in [4.78, 5) is 52.8. The third-order valence-electron chi connectivity index (χ3n) is 5.53. The Morgan fingerprint density at radius 1 is 1.00 bits per heavy atom. The molecule has 37 heavy (non-hydrogen) atoms. The van der Waals surface area contributed by atoms with E-state index < -0.39 is 47.3 Å². The monoisotopic (exact) mass is 517 g/mol. The molecule has 0 aliphatic rings. The molecule has 2 rings (SSSR count). The maximum absolute atomic E-state index is 13.2. The number of methoxy groups -OCH3 is 1. The fraction of sp³-hybridized carbons (Fsp3) is 0.462. The molecule has 11 heteroatoms. The van der Waals surface area contributed by atoms with Gasteiger partial charge in [-0.15, -0.1) is 0 Å². The summed E-state index contributed by atoms with van der Waals surface area (Å²) in [5.74, 6) is -2.85. The predicted molar refractivity (Wildman–Crippen MR) is 134 cm³/mol. The molecule has 2 amide bonds. The van der Waals surface area contributed by atoms with Crippen LogP contribution in [0.25, 0.3) is 0 Å². The quantitative estimate of drug-likeness (QED) is 0.249. The molecule has 11 nitrogen and oxygen atoms in total. The van der Waals surface area contributed by atoms with Crippen LogP contribution in [-0.2, 0) is 14.3 Å². The second-order valence-corrected chi connectivity index (χ2v) is 9.99. The number of hydrogen-bond donors (Lipinski definition) is 5. The molecule has 0 unspecified atom stereocenters. The Morgan fingerprint density at radius 2 is 1.59 bits per heavy atom. The van der Waals surface area contributed by atoms with E-state index >= 15 is 0 Å². The molecule has 1 heterocycles. The van der Waals surface area contributed by atoms with Crippen molar-refractivity contribution in [1.29, 1.82) is 0 Å². The Labute approximate surface area is 215 Å². The fourth-order valence-corrected chi connectivity index (χ4v) is 3.65. The van der Waals surface area contributed by atoms with Gasteiger partial charge in [0.15, 0.2) is 11.7 Å². The topological polar surface area (TPSA) is 167 Å². The second-order valence-electron chi connectivity index (χ2n) is 9.99. The minimum absolute atomic E-state index is 0.113.